The van der Waals surface area contributed by atoms with Gasteiger partial charge in [0.05, 0.1) is 0 Å². The lowest BCUT2D eigenvalue weighted by Gasteiger charge is -2.24. The Bertz CT molecular complexity index is 179. The summed E-state index contributed by atoms with van der Waals surface area (Å²) in [6.07, 6.45) is 10.00. The SMILES string of the molecule is CSCCCNC(=S)NC1CCCCC1. The standard InChI is InChI=1S/C11H22N2S2/c1-15-9-5-8-12-11(14)13-10-6-3-2-4-7-10/h10H,2-9H2,1H3,(H2,12,13,14). The highest BCUT2D eigenvalue weighted by Gasteiger charge is 2.13. The van der Waals surface area contributed by atoms with Gasteiger partial charge in [-0.15, -0.1) is 0 Å². The lowest BCUT2D eigenvalue weighted by molar-refractivity contribution is 0.412. The van der Waals surface area contributed by atoms with E-state index in [4.69, 9.17) is 12.2 Å². The Morgan fingerprint density at radius 3 is 2.73 bits per heavy atom. The van der Waals surface area contributed by atoms with E-state index in [9.17, 15) is 0 Å². The van der Waals surface area contributed by atoms with Gasteiger partial charge in [0.1, 0.15) is 0 Å². The monoisotopic (exact) mass is 246 g/mol. The van der Waals surface area contributed by atoms with Crippen LogP contribution in [0.25, 0.3) is 0 Å². The van der Waals surface area contributed by atoms with Crippen LogP contribution >= 0.6 is 24.0 Å². The molecular weight excluding hydrogens is 224 g/mol. The Hall–Kier alpha value is 0.0400. The van der Waals surface area contributed by atoms with E-state index in [1.807, 2.05) is 11.8 Å². The van der Waals surface area contributed by atoms with Crippen molar-refractivity contribution in [2.45, 2.75) is 44.6 Å². The van der Waals surface area contributed by atoms with Gasteiger partial charge in [-0.2, -0.15) is 11.8 Å². The van der Waals surface area contributed by atoms with Crippen LogP contribution in [0, 0.1) is 0 Å². The Balaban J connectivity index is 2.01. The van der Waals surface area contributed by atoms with Crippen molar-refractivity contribution in [3.05, 3.63) is 0 Å². The molecule has 1 fully saturated rings. The summed E-state index contributed by atoms with van der Waals surface area (Å²) in [5.41, 5.74) is 0. The first-order chi connectivity index (χ1) is 7.33. The molecule has 0 heterocycles. The van der Waals surface area contributed by atoms with E-state index in [2.05, 4.69) is 16.9 Å². The van der Waals surface area contributed by atoms with Gasteiger partial charge in [-0.1, -0.05) is 19.3 Å². The van der Waals surface area contributed by atoms with E-state index in [1.165, 1.54) is 44.3 Å². The summed E-state index contributed by atoms with van der Waals surface area (Å²) in [5, 5.41) is 7.53. The third-order valence-corrected chi connectivity index (χ3v) is 3.71. The van der Waals surface area contributed by atoms with Crippen LogP contribution in [0.5, 0.6) is 0 Å². The first kappa shape index (κ1) is 13.1. The topological polar surface area (TPSA) is 24.1 Å². The third kappa shape index (κ3) is 6.25. The summed E-state index contributed by atoms with van der Waals surface area (Å²) in [6.45, 7) is 0.999. The smallest absolute Gasteiger partial charge is 0.166 e. The van der Waals surface area contributed by atoms with Gasteiger partial charge in [-0.3, -0.25) is 0 Å². The molecule has 0 aromatic rings. The quantitative estimate of drug-likeness (QED) is 0.575. The van der Waals surface area contributed by atoms with E-state index >= 15 is 0 Å². The van der Waals surface area contributed by atoms with Crippen molar-refractivity contribution >= 4 is 29.1 Å². The van der Waals surface area contributed by atoms with Gasteiger partial charge in [0.2, 0.25) is 0 Å². The van der Waals surface area contributed by atoms with E-state index in [-0.39, 0.29) is 0 Å². The number of rotatable bonds is 5. The third-order valence-electron chi connectivity index (χ3n) is 2.75. The van der Waals surface area contributed by atoms with Crippen molar-refractivity contribution in [2.75, 3.05) is 18.6 Å². The molecule has 2 nitrogen and oxygen atoms in total. The van der Waals surface area contributed by atoms with Gasteiger partial charge in [-0.25, -0.2) is 0 Å². The highest BCUT2D eigenvalue weighted by molar-refractivity contribution is 7.98. The van der Waals surface area contributed by atoms with Crippen molar-refractivity contribution in [2.24, 2.45) is 0 Å². The molecule has 1 rings (SSSR count). The van der Waals surface area contributed by atoms with E-state index in [0.29, 0.717) is 6.04 Å². The predicted octanol–water partition coefficient (Wildman–Crippen LogP) is 2.54. The average Bonchev–Trinajstić information content (AvgIpc) is 2.26. The fraction of sp³-hybridized carbons (Fsp3) is 0.909. The summed E-state index contributed by atoms with van der Waals surface area (Å²) in [5.74, 6) is 1.21. The first-order valence-corrected chi connectivity index (χ1v) is 7.66. The molecule has 0 saturated heterocycles. The second kappa shape index (κ2) is 8.22. The van der Waals surface area contributed by atoms with Crippen molar-refractivity contribution in [3.63, 3.8) is 0 Å². The molecule has 0 spiro atoms. The van der Waals surface area contributed by atoms with E-state index < -0.39 is 0 Å². The van der Waals surface area contributed by atoms with Crippen molar-refractivity contribution < 1.29 is 0 Å². The van der Waals surface area contributed by atoms with Gasteiger partial charge >= 0.3 is 0 Å². The van der Waals surface area contributed by atoms with Crippen LogP contribution in [0.1, 0.15) is 38.5 Å². The molecule has 88 valence electrons. The Kier molecular flexibility index (Phi) is 7.18. The molecule has 15 heavy (non-hydrogen) atoms. The predicted molar refractivity (Wildman–Crippen MR) is 73.6 cm³/mol. The minimum atomic E-state index is 0.624. The van der Waals surface area contributed by atoms with Crippen molar-refractivity contribution in [3.8, 4) is 0 Å². The fourth-order valence-electron chi connectivity index (χ4n) is 1.90. The summed E-state index contributed by atoms with van der Waals surface area (Å²) in [6, 6.07) is 0.624. The zero-order valence-electron chi connectivity index (χ0n) is 9.55. The molecule has 0 aromatic heterocycles. The molecule has 0 radical (unpaired) electrons. The van der Waals surface area contributed by atoms with Gasteiger partial charge < -0.3 is 10.6 Å². The summed E-state index contributed by atoms with van der Waals surface area (Å²) in [7, 11) is 0. The molecule has 0 unspecified atom stereocenters. The zero-order valence-corrected chi connectivity index (χ0v) is 11.2. The van der Waals surface area contributed by atoms with Gasteiger partial charge in [0.25, 0.3) is 0 Å². The van der Waals surface area contributed by atoms with Crippen LogP contribution in [0.15, 0.2) is 0 Å². The second-order valence-electron chi connectivity index (χ2n) is 4.08. The van der Waals surface area contributed by atoms with Crippen molar-refractivity contribution in [1.82, 2.24) is 10.6 Å². The average molecular weight is 246 g/mol. The number of nitrogens with one attached hydrogen (secondary N) is 2. The molecule has 2 N–H and O–H groups in total. The number of hydrogen-bond acceptors (Lipinski definition) is 2. The molecule has 0 bridgehead atoms. The van der Waals surface area contributed by atoms with Crippen LogP contribution < -0.4 is 10.6 Å². The van der Waals surface area contributed by atoms with Gasteiger partial charge in [0, 0.05) is 12.6 Å². The van der Waals surface area contributed by atoms with E-state index in [0.717, 1.165) is 11.7 Å². The molecule has 1 aliphatic carbocycles. The maximum atomic E-state index is 5.26. The number of thioether (sulfide) groups is 1. The lowest BCUT2D eigenvalue weighted by Crippen LogP contribution is -2.43. The van der Waals surface area contributed by atoms with Crippen LogP contribution in [-0.4, -0.2) is 29.7 Å². The molecule has 0 aliphatic heterocycles. The van der Waals surface area contributed by atoms with Gasteiger partial charge in [0.15, 0.2) is 5.11 Å². The van der Waals surface area contributed by atoms with Crippen LogP contribution in [0.2, 0.25) is 0 Å². The Morgan fingerprint density at radius 1 is 1.33 bits per heavy atom. The van der Waals surface area contributed by atoms with Crippen molar-refractivity contribution in [1.29, 1.82) is 0 Å². The molecule has 0 amide bonds. The minimum absolute atomic E-state index is 0.624. The van der Waals surface area contributed by atoms with Crippen LogP contribution in [0.4, 0.5) is 0 Å². The number of hydrogen-bond donors (Lipinski definition) is 2. The lowest BCUT2D eigenvalue weighted by atomic mass is 9.96. The van der Waals surface area contributed by atoms with Crippen LogP contribution in [0.3, 0.4) is 0 Å². The Labute approximate surface area is 103 Å². The molecule has 4 heteroatoms. The maximum absolute atomic E-state index is 5.26. The zero-order chi connectivity index (χ0) is 10.9. The molecule has 1 aliphatic rings. The Morgan fingerprint density at radius 2 is 2.07 bits per heavy atom. The summed E-state index contributed by atoms with van der Waals surface area (Å²) in [4.78, 5) is 0. The molecular formula is C11H22N2S2. The maximum Gasteiger partial charge on any atom is 0.166 e. The minimum Gasteiger partial charge on any atom is -0.363 e. The largest absolute Gasteiger partial charge is 0.363 e. The van der Waals surface area contributed by atoms with E-state index in [1.54, 1.807) is 0 Å². The highest BCUT2D eigenvalue weighted by atomic mass is 32.2. The summed E-state index contributed by atoms with van der Waals surface area (Å²) >= 11 is 7.14. The molecule has 1 saturated carbocycles. The molecule has 0 aromatic carbocycles. The second-order valence-corrected chi connectivity index (χ2v) is 5.48. The highest BCUT2D eigenvalue weighted by Crippen LogP contribution is 2.17. The normalized spacial score (nSPS) is 17.4. The fourth-order valence-corrected chi connectivity index (χ4v) is 2.60. The summed E-state index contributed by atoms with van der Waals surface area (Å²) < 4.78 is 0. The first-order valence-electron chi connectivity index (χ1n) is 5.86. The molecule has 0 atom stereocenters. The van der Waals surface area contributed by atoms with Gasteiger partial charge in [-0.05, 0) is 43.5 Å². The number of thiocarbonyl (C=S) groups is 1. The van der Waals surface area contributed by atoms with Crippen LogP contribution in [-0.2, 0) is 0 Å².